The Morgan fingerprint density at radius 2 is 1.93 bits per heavy atom. The average Bonchev–Trinajstić information content (AvgIpc) is 3.24. The summed E-state index contributed by atoms with van der Waals surface area (Å²) in [4.78, 5) is 16.8. The van der Waals surface area contributed by atoms with Crippen LogP contribution in [0.4, 0.5) is 10.1 Å². The summed E-state index contributed by atoms with van der Waals surface area (Å²) in [5, 5.41) is 8.05. The molecule has 0 aliphatic carbocycles. The third kappa shape index (κ3) is 4.89. The summed E-state index contributed by atoms with van der Waals surface area (Å²) in [7, 11) is 0. The van der Waals surface area contributed by atoms with E-state index in [2.05, 4.69) is 15.4 Å². The van der Waals surface area contributed by atoms with E-state index in [1.165, 1.54) is 16.8 Å². The van der Waals surface area contributed by atoms with Gasteiger partial charge < -0.3 is 5.32 Å². The Balaban J connectivity index is 1.42. The predicted octanol–water partition coefficient (Wildman–Crippen LogP) is 4.95. The summed E-state index contributed by atoms with van der Waals surface area (Å²) in [5.41, 5.74) is 2.57. The van der Waals surface area contributed by atoms with Crippen LogP contribution in [0.1, 0.15) is 16.1 Å². The number of amides is 1. The molecular weight excluding hydrogens is 387 g/mol. The van der Waals surface area contributed by atoms with Crippen LogP contribution < -0.4 is 5.32 Å². The first-order valence-electron chi connectivity index (χ1n) is 8.93. The molecule has 0 bridgehead atoms. The van der Waals surface area contributed by atoms with Crippen molar-refractivity contribution in [1.82, 2.24) is 14.8 Å². The fourth-order valence-corrected chi connectivity index (χ4v) is 3.54. The van der Waals surface area contributed by atoms with Crippen molar-refractivity contribution in [2.75, 3.05) is 5.32 Å². The van der Waals surface area contributed by atoms with Crippen LogP contribution in [0.5, 0.6) is 0 Å². The van der Waals surface area contributed by atoms with Crippen molar-refractivity contribution >= 4 is 23.4 Å². The Labute approximate surface area is 171 Å². The largest absolute Gasteiger partial charge is 0.321 e. The van der Waals surface area contributed by atoms with Crippen LogP contribution in [0.25, 0.3) is 5.69 Å². The van der Waals surface area contributed by atoms with Gasteiger partial charge in [0.2, 0.25) is 0 Å². The Hall–Kier alpha value is -3.45. The number of anilines is 1. The SMILES string of the molecule is O=C(Nc1cccc(CSc2ccccn2)c1)c1ccn(-c2cccc(F)c2)n1. The van der Waals surface area contributed by atoms with Gasteiger partial charge in [0, 0.05) is 23.8 Å². The monoisotopic (exact) mass is 404 g/mol. The summed E-state index contributed by atoms with van der Waals surface area (Å²) in [5.74, 6) is 0.0635. The minimum Gasteiger partial charge on any atom is -0.321 e. The molecule has 5 nitrogen and oxygen atoms in total. The van der Waals surface area contributed by atoms with Crippen LogP contribution in [0.15, 0.2) is 90.2 Å². The van der Waals surface area contributed by atoms with Crippen LogP contribution in [0.3, 0.4) is 0 Å². The first-order valence-corrected chi connectivity index (χ1v) is 9.92. The highest BCUT2D eigenvalue weighted by Crippen LogP contribution is 2.22. The van der Waals surface area contributed by atoms with Gasteiger partial charge in [-0.05, 0) is 54.1 Å². The highest BCUT2D eigenvalue weighted by atomic mass is 32.2. The molecule has 2 aromatic heterocycles. The molecule has 2 aromatic carbocycles. The number of nitrogens with zero attached hydrogens (tertiary/aromatic N) is 3. The molecule has 0 aliphatic rings. The summed E-state index contributed by atoms with van der Waals surface area (Å²) >= 11 is 1.63. The number of thioether (sulfide) groups is 1. The van der Waals surface area contributed by atoms with Gasteiger partial charge in [-0.15, -0.1) is 11.8 Å². The third-order valence-corrected chi connectivity index (χ3v) is 5.12. The summed E-state index contributed by atoms with van der Waals surface area (Å²) in [6.45, 7) is 0. The van der Waals surface area contributed by atoms with Gasteiger partial charge in [0.1, 0.15) is 5.82 Å². The maximum Gasteiger partial charge on any atom is 0.276 e. The van der Waals surface area contributed by atoms with Crippen LogP contribution in [-0.4, -0.2) is 20.7 Å². The quantitative estimate of drug-likeness (QED) is 0.462. The highest BCUT2D eigenvalue weighted by Gasteiger charge is 2.11. The summed E-state index contributed by atoms with van der Waals surface area (Å²) < 4.78 is 14.9. The zero-order chi connectivity index (χ0) is 20.1. The molecule has 29 heavy (non-hydrogen) atoms. The standard InChI is InChI=1S/C22H17FN4OS/c23-17-6-4-8-19(14-17)27-12-10-20(26-27)22(28)25-18-7-3-5-16(13-18)15-29-21-9-1-2-11-24-21/h1-14H,15H2,(H,25,28). The topological polar surface area (TPSA) is 59.8 Å². The second-order valence-corrected chi connectivity index (χ2v) is 7.23. The van der Waals surface area contributed by atoms with E-state index in [0.29, 0.717) is 11.4 Å². The molecule has 0 spiro atoms. The number of hydrogen-bond acceptors (Lipinski definition) is 4. The van der Waals surface area contributed by atoms with Gasteiger partial charge in [-0.1, -0.05) is 24.3 Å². The fourth-order valence-electron chi connectivity index (χ4n) is 2.73. The molecular formula is C22H17FN4OS. The minimum atomic E-state index is -0.357. The summed E-state index contributed by atoms with van der Waals surface area (Å²) in [6.07, 6.45) is 3.39. The minimum absolute atomic E-state index is 0.252. The van der Waals surface area contributed by atoms with Crippen molar-refractivity contribution in [3.05, 3.63) is 102 Å². The number of carbonyl (C=O) groups is 1. The second-order valence-electron chi connectivity index (χ2n) is 6.24. The van der Waals surface area contributed by atoms with E-state index >= 15 is 0 Å². The van der Waals surface area contributed by atoms with E-state index in [9.17, 15) is 9.18 Å². The van der Waals surface area contributed by atoms with Crippen LogP contribution in [0, 0.1) is 5.82 Å². The van der Waals surface area contributed by atoms with Crippen LogP contribution >= 0.6 is 11.8 Å². The second kappa shape index (κ2) is 8.70. The average molecular weight is 404 g/mol. The summed E-state index contributed by atoms with van der Waals surface area (Å²) in [6, 6.07) is 21.1. The van der Waals surface area contributed by atoms with E-state index in [-0.39, 0.29) is 17.4 Å². The molecule has 0 unspecified atom stereocenters. The molecule has 144 valence electrons. The fraction of sp³-hybridized carbons (Fsp3) is 0.0455. The molecule has 1 amide bonds. The van der Waals surface area contributed by atoms with Crippen LogP contribution in [0.2, 0.25) is 0 Å². The van der Waals surface area contributed by atoms with Gasteiger partial charge >= 0.3 is 0 Å². The number of rotatable bonds is 6. The van der Waals surface area contributed by atoms with E-state index in [0.717, 1.165) is 16.3 Å². The van der Waals surface area contributed by atoms with Crippen molar-refractivity contribution in [3.8, 4) is 5.69 Å². The van der Waals surface area contributed by atoms with E-state index in [1.54, 1.807) is 42.4 Å². The lowest BCUT2D eigenvalue weighted by Gasteiger charge is -2.06. The van der Waals surface area contributed by atoms with Gasteiger partial charge in [0.25, 0.3) is 5.91 Å². The normalized spacial score (nSPS) is 10.7. The lowest BCUT2D eigenvalue weighted by molar-refractivity contribution is 0.102. The zero-order valence-electron chi connectivity index (χ0n) is 15.3. The lowest BCUT2D eigenvalue weighted by Crippen LogP contribution is -2.13. The van der Waals surface area contributed by atoms with E-state index in [1.807, 2.05) is 42.5 Å². The molecule has 1 N–H and O–H groups in total. The number of nitrogens with one attached hydrogen (secondary N) is 1. The smallest absolute Gasteiger partial charge is 0.276 e. The van der Waals surface area contributed by atoms with Crippen molar-refractivity contribution in [2.24, 2.45) is 0 Å². The maximum absolute atomic E-state index is 13.4. The lowest BCUT2D eigenvalue weighted by atomic mass is 10.2. The number of aromatic nitrogens is 3. The maximum atomic E-state index is 13.4. The van der Waals surface area contributed by atoms with Gasteiger partial charge in [0.15, 0.2) is 5.69 Å². The number of halogens is 1. The van der Waals surface area contributed by atoms with Gasteiger partial charge in [-0.2, -0.15) is 5.10 Å². The van der Waals surface area contributed by atoms with Gasteiger partial charge in [-0.25, -0.2) is 14.1 Å². The van der Waals surface area contributed by atoms with Crippen molar-refractivity contribution < 1.29 is 9.18 Å². The molecule has 0 radical (unpaired) electrons. The molecule has 0 saturated carbocycles. The molecule has 7 heteroatoms. The first-order chi connectivity index (χ1) is 14.2. The number of hydrogen-bond donors (Lipinski definition) is 1. The van der Waals surface area contributed by atoms with E-state index < -0.39 is 0 Å². The number of benzene rings is 2. The predicted molar refractivity (Wildman–Crippen MR) is 112 cm³/mol. The molecule has 0 atom stereocenters. The van der Waals surface area contributed by atoms with Crippen molar-refractivity contribution in [3.63, 3.8) is 0 Å². The third-order valence-electron chi connectivity index (χ3n) is 4.10. The molecule has 2 heterocycles. The molecule has 0 aliphatic heterocycles. The molecule has 4 rings (SSSR count). The Kier molecular flexibility index (Phi) is 5.67. The van der Waals surface area contributed by atoms with Gasteiger partial charge in [0.05, 0.1) is 10.7 Å². The number of carbonyl (C=O) groups excluding carboxylic acids is 1. The number of pyridine rings is 1. The van der Waals surface area contributed by atoms with Crippen molar-refractivity contribution in [1.29, 1.82) is 0 Å². The molecule has 4 aromatic rings. The molecule has 0 saturated heterocycles. The Morgan fingerprint density at radius 3 is 2.76 bits per heavy atom. The first kappa shape index (κ1) is 18.9. The van der Waals surface area contributed by atoms with Crippen molar-refractivity contribution in [2.45, 2.75) is 10.8 Å². The van der Waals surface area contributed by atoms with E-state index in [4.69, 9.17) is 0 Å². The Morgan fingerprint density at radius 1 is 1.03 bits per heavy atom. The van der Waals surface area contributed by atoms with Gasteiger partial charge in [-0.3, -0.25) is 4.79 Å². The Bertz CT molecular complexity index is 1130. The highest BCUT2D eigenvalue weighted by molar-refractivity contribution is 7.98. The van der Waals surface area contributed by atoms with Crippen LogP contribution in [-0.2, 0) is 5.75 Å². The molecule has 0 fully saturated rings. The zero-order valence-corrected chi connectivity index (χ0v) is 16.1.